The molecule has 2 aromatic rings. The standard InChI is InChI=1S/C20H17ClN2O3/c21-13-4-3-5-14(12-13)22-17-18(23-8-10-26-11-9-23)20(25)16-7-2-1-6-15(16)19(17)24/h1-7,12,18H,8-11H2/p+1/t18-/m1/s1. The lowest BCUT2D eigenvalue weighted by Gasteiger charge is -2.33. The van der Waals surface area contributed by atoms with E-state index in [0.717, 1.165) is 4.90 Å². The van der Waals surface area contributed by atoms with Crippen LogP contribution >= 0.6 is 11.6 Å². The maximum Gasteiger partial charge on any atom is 0.227 e. The highest BCUT2D eigenvalue weighted by Crippen LogP contribution is 2.23. The molecule has 1 aliphatic carbocycles. The van der Waals surface area contributed by atoms with Crippen LogP contribution in [0.3, 0.4) is 0 Å². The molecule has 0 radical (unpaired) electrons. The largest absolute Gasteiger partial charge is 0.370 e. The maximum absolute atomic E-state index is 13.2. The van der Waals surface area contributed by atoms with Crippen molar-refractivity contribution in [1.29, 1.82) is 0 Å². The van der Waals surface area contributed by atoms with Gasteiger partial charge in [-0.25, -0.2) is 4.99 Å². The zero-order valence-corrected chi connectivity index (χ0v) is 14.8. The van der Waals surface area contributed by atoms with Gasteiger partial charge in [-0.2, -0.15) is 0 Å². The van der Waals surface area contributed by atoms with Crippen LogP contribution in [0.25, 0.3) is 0 Å². The van der Waals surface area contributed by atoms with Crippen LogP contribution in [0.5, 0.6) is 0 Å². The van der Waals surface area contributed by atoms with E-state index < -0.39 is 6.04 Å². The molecule has 0 saturated carbocycles. The van der Waals surface area contributed by atoms with Gasteiger partial charge < -0.3 is 9.64 Å². The van der Waals surface area contributed by atoms with Gasteiger partial charge in [0.25, 0.3) is 0 Å². The molecule has 0 unspecified atom stereocenters. The number of carbonyl (C=O) groups is 2. The molecule has 1 fully saturated rings. The second-order valence-corrected chi connectivity index (χ2v) is 6.86. The van der Waals surface area contributed by atoms with Crippen LogP contribution in [0.15, 0.2) is 53.5 Å². The number of nitrogens with zero attached hydrogens (tertiary/aromatic N) is 1. The minimum atomic E-state index is -0.611. The number of fused-ring (bicyclic) bond motifs is 1. The molecular weight excluding hydrogens is 352 g/mol. The van der Waals surface area contributed by atoms with Gasteiger partial charge >= 0.3 is 0 Å². The number of hydrogen-bond donors (Lipinski definition) is 1. The van der Waals surface area contributed by atoms with Gasteiger partial charge in [-0.1, -0.05) is 41.9 Å². The third-order valence-electron chi connectivity index (χ3n) is 4.81. The first-order valence-electron chi connectivity index (χ1n) is 8.59. The number of hydrogen-bond acceptors (Lipinski definition) is 4. The molecule has 2 aromatic carbocycles. The summed E-state index contributed by atoms with van der Waals surface area (Å²) in [5.74, 6) is -0.248. The second kappa shape index (κ2) is 7.11. The number of morpholine rings is 1. The lowest BCUT2D eigenvalue weighted by Crippen LogP contribution is -3.20. The third-order valence-corrected chi connectivity index (χ3v) is 5.04. The number of ether oxygens (including phenoxy) is 1. The first kappa shape index (κ1) is 17.1. The van der Waals surface area contributed by atoms with Crippen molar-refractivity contribution in [3.05, 3.63) is 64.7 Å². The summed E-state index contributed by atoms with van der Waals surface area (Å²) in [5.41, 5.74) is 1.76. The van der Waals surface area contributed by atoms with Crippen LogP contribution in [0, 0.1) is 0 Å². The number of nitrogens with one attached hydrogen (secondary N) is 1. The molecule has 0 spiro atoms. The fourth-order valence-corrected chi connectivity index (χ4v) is 3.73. The summed E-state index contributed by atoms with van der Waals surface area (Å²) < 4.78 is 5.42. The number of rotatable bonds is 2. The first-order chi connectivity index (χ1) is 12.6. The Bertz CT molecular complexity index is 903. The monoisotopic (exact) mass is 369 g/mol. The van der Waals surface area contributed by atoms with Crippen LogP contribution in [-0.2, 0) is 4.74 Å². The molecule has 6 heteroatoms. The van der Waals surface area contributed by atoms with Crippen LogP contribution < -0.4 is 4.90 Å². The Labute approximate surface area is 156 Å². The second-order valence-electron chi connectivity index (χ2n) is 6.42. The number of aliphatic imine (C=N–C) groups is 1. The van der Waals surface area contributed by atoms with Crippen molar-refractivity contribution in [2.45, 2.75) is 6.04 Å². The molecule has 1 aliphatic heterocycles. The molecule has 1 heterocycles. The van der Waals surface area contributed by atoms with E-state index in [0.29, 0.717) is 48.1 Å². The number of benzene rings is 2. The Morgan fingerprint density at radius 1 is 1.00 bits per heavy atom. The van der Waals surface area contributed by atoms with Crippen LogP contribution in [0.1, 0.15) is 20.7 Å². The van der Waals surface area contributed by atoms with Crippen molar-refractivity contribution >= 4 is 34.6 Å². The van der Waals surface area contributed by atoms with Crippen molar-refractivity contribution in [3.63, 3.8) is 0 Å². The summed E-state index contributed by atoms with van der Waals surface area (Å²) in [6, 6.07) is 13.4. The lowest BCUT2D eigenvalue weighted by molar-refractivity contribution is -0.913. The Kier molecular flexibility index (Phi) is 4.68. The van der Waals surface area contributed by atoms with Gasteiger partial charge in [-0.05, 0) is 18.2 Å². The molecule has 0 aromatic heterocycles. The Balaban J connectivity index is 1.84. The SMILES string of the molecule is O=C1C(=Nc2cccc(Cl)c2)[C@@H]([NH+]2CCOCC2)C(=O)c2ccccc21. The molecule has 1 atom stereocenters. The number of quaternary nitrogens is 1. The van der Waals surface area contributed by atoms with E-state index in [1.54, 1.807) is 48.5 Å². The van der Waals surface area contributed by atoms with Crippen molar-refractivity contribution in [1.82, 2.24) is 0 Å². The average Bonchev–Trinajstić information content (AvgIpc) is 2.67. The molecule has 132 valence electrons. The fourth-order valence-electron chi connectivity index (χ4n) is 3.55. The lowest BCUT2D eigenvalue weighted by atomic mass is 9.83. The number of halogens is 1. The summed E-state index contributed by atoms with van der Waals surface area (Å²) >= 11 is 6.05. The van der Waals surface area contributed by atoms with Gasteiger partial charge in [-0.15, -0.1) is 0 Å². The summed E-state index contributed by atoms with van der Waals surface area (Å²) in [6.07, 6.45) is 0. The molecule has 0 bridgehead atoms. The quantitative estimate of drug-likeness (QED) is 0.877. The van der Waals surface area contributed by atoms with Gasteiger partial charge in [0.2, 0.25) is 11.6 Å². The number of Topliss-reactive ketones (excluding diaryl/α,β-unsaturated/α-hetero) is 2. The van der Waals surface area contributed by atoms with Gasteiger partial charge in [-0.3, -0.25) is 9.59 Å². The highest BCUT2D eigenvalue weighted by molar-refractivity contribution is 6.55. The summed E-state index contributed by atoms with van der Waals surface area (Å²) in [6.45, 7) is 2.47. The van der Waals surface area contributed by atoms with E-state index in [2.05, 4.69) is 4.99 Å². The smallest absolute Gasteiger partial charge is 0.227 e. The molecule has 2 aliphatic rings. The summed E-state index contributed by atoms with van der Waals surface area (Å²) in [5, 5.41) is 0.539. The van der Waals surface area contributed by atoms with Crippen LogP contribution in [0.4, 0.5) is 5.69 Å². The highest BCUT2D eigenvalue weighted by atomic mass is 35.5. The van der Waals surface area contributed by atoms with E-state index >= 15 is 0 Å². The van der Waals surface area contributed by atoms with E-state index in [4.69, 9.17) is 16.3 Å². The molecule has 26 heavy (non-hydrogen) atoms. The fraction of sp³-hybridized carbons (Fsp3) is 0.250. The van der Waals surface area contributed by atoms with Gasteiger partial charge in [0.1, 0.15) is 13.1 Å². The van der Waals surface area contributed by atoms with E-state index in [1.165, 1.54) is 0 Å². The maximum atomic E-state index is 13.2. The van der Waals surface area contributed by atoms with Crippen LogP contribution in [0.2, 0.25) is 5.02 Å². The van der Waals surface area contributed by atoms with Crippen molar-refractivity contribution in [2.24, 2.45) is 4.99 Å². The first-order valence-corrected chi connectivity index (χ1v) is 8.97. The van der Waals surface area contributed by atoms with Crippen LogP contribution in [-0.4, -0.2) is 49.6 Å². The van der Waals surface area contributed by atoms with Gasteiger partial charge in [0.15, 0.2) is 11.8 Å². The molecule has 1 N–H and O–H groups in total. The molecular formula is C20H18ClN2O3+. The Morgan fingerprint density at radius 3 is 2.46 bits per heavy atom. The highest BCUT2D eigenvalue weighted by Gasteiger charge is 2.45. The van der Waals surface area contributed by atoms with E-state index in [-0.39, 0.29) is 17.3 Å². The minimum absolute atomic E-state index is 0.0575. The number of ketones is 2. The number of carbonyl (C=O) groups excluding carboxylic acids is 2. The molecule has 1 saturated heterocycles. The average molecular weight is 370 g/mol. The molecule has 5 nitrogen and oxygen atoms in total. The Morgan fingerprint density at radius 2 is 1.73 bits per heavy atom. The molecule has 4 rings (SSSR count). The predicted octanol–water partition coefficient (Wildman–Crippen LogP) is 1.78. The normalized spacial score (nSPS) is 22.5. The van der Waals surface area contributed by atoms with Crippen molar-refractivity contribution in [3.8, 4) is 0 Å². The summed E-state index contributed by atoms with van der Waals surface area (Å²) in [7, 11) is 0. The predicted molar refractivity (Wildman–Crippen MR) is 99.0 cm³/mol. The van der Waals surface area contributed by atoms with Gasteiger partial charge in [0, 0.05) is 16.1 Å². The zero-order chi connectivity index (χ0) is 18.1. The van der Waals surface area contributed by atoms with Crippen molar-refractivity contribution in [2.75, 3.05) is 26.3 Å². The topological polar surface area (TPSA) is 60.2 Å². The van der Waals surface area contributed by atoms with E-state index in [9.17, 15) is 9.59 Å². The zero-order valence-electron chi connectivity index (χ0n) is 14.1. The summed E-state index contributed by atoms with van der Waals surface area (Å²) in [4.78, 5) is 31.9. The Hall–Kier alpha value is -2.34. The van der Waals surface area contributed by atoms with Gasteiger partial charge in [0.05, 0.1) is 18.9 Å². The van der Waals surface area contributed by atoms with E-state index in [1.807, 2.05) is 0 Å². The third kappa shape index (κ3) is 3.09. The minimum Gasteiger partial charge on any atom is -0.370 e. The molecule has 0 amide bonds. The van der Waals surface area contributed by atoms with Crippen molar-refractivity contribution < 1.29 is 19.2 Å².